The van der Waals surface area contributed by atoms with Crippen LogP contribution in [0, 0.1) is 0 Å². The van der Waals surface area contributed by atoms with Crippen LogP contribution < -0.4 is 10.1 Å². The summed E-state index contributed by atoms with van der Waals surface area (Å²) in [6.45, 7) is 4.08. The number of carboxylic acids is 1. The lowest BCUT2D eigenvalue weighted by Gasteiger charge is -2.23. The molecule has 0 radical (unpaired) electrons. The van der Waals surface area contributed by atoms with E-state index in [-0.39, 0.29) is 37.5 Å². The molecule has 0 bridgehead atoms. The minimum atomic E-state index is -0.991. The average molecular weight is 309 g/mol. The lowest BCUT2D eigenvalue weighted by Crippen LogP contribution is -2.31. The van der Waals surface area contributed by atoms with E-state index in [4.69, 9.17) is 14.6 Å². The highest BCUT2D eigenvalue weighted by Crippen LogP contribution is 2.27. The molecule has 1 amide bonds. The molecule has 0 heterocycles. The molecule has 1 rings (SSSR count). The zero-order valence-corrected chi connectivity index (χ0v) is 13.2. The van der Waals surface area contributed by atoms with Crippen LogP contribution in [0.25, 0.3) is 0 Å². The van der Waals surface area contributed by atoms with E-state index in [9.17, 15) is 9.59 Å². The first kappa shape index (κ1) is 18.0. The largest absolute Gasteiger partial charge is 0.496 e. The quantitative estimate of drug-likeness (QED) is 0.730. The fourth-order valence-corrected chi connectivity index (χ4v) is 2.01. The van der Waals surface area contributed by atoms with E-state index in [2.05, 4.69) is 5.32 Å². The maximum Gasteiger partial charge on any atom is 0.303 e. The van der Waals surface area contributed by atoms with E-state index in [0.717, 1.165) is 5.56 Å². The molecular formula is C16H23NO5. The minimum Gasteiger partial charge on any atom is -0.496 e. The minimum absolute atomic E-state index is 0.0224. The molecule has 0 aromatic heterocycles. The summed E-state index contributed by atoms with van der Waals surface area (Å²) in [5.41, 5.74) is 0.845. The van der Waals surface area contributed by atoms with Crippen LogP contribution in [-0.4, -0.2) is 36.7 Å². The Labute approximate surface area is 130 Å². The molecule has 22 heavy (non-hydrogen) atoms. The molecule has 0 spiro atoms. The van der Waals surface area contributed by atoms with Gasteiger partial charge in [0.25, 0.3) is 0 Å². The SMILES string of the molecule is COc1ccccc1C(CNC(=O)CCC(=O)O)OC(C)C. The van der Waals surface area contributed by atoms with Crippen molar-refractivity contribution in [2.24, 2.45) is 0 Å². The summed E-state index contributed by atoms with van der Waals surface area (Å²) in [6, 6.07) is 7.45. The van der Waals surface area contributed by atoms with Crippen molar-refractivity contribution in [3.63, 3.8) is 0 Å². The first-order valence-corrected chi connectivity index (χ1v) is 7.21. The highest BCUT2D eigenvalue weighted by molar-refractivity contribution is 5.80. The predicted molar refractivity (Wildman–Crippen MR) is 81.8 cm³/mol. The van der Waals surface area contributed by atoms with Crippen LogP contribution in [0.1, 0.15) is 38.4 Å². The van der Waals surface area contributed by atoms with Crippen LogP contribution in [0.15, 0.2) is 24.3 Å². The van der Waals surface area contributed by atoms with Gasteiger partial charge in [0.05, 0.1) is 19.6 Å². The number of amides is 1. The van der Waals surface area contributed by atoms with Crippen molar-refractivity contribution in [2.75, 3.05) is 13.7 Å². The predicted octanol–water partition coefficient (Wildman–Crippen LogP) is 2.14. The fraction of sp³-hybridized carbons (Fsp3) is 0.500. The Hall–Kier alpha value is -2.08. The van der Waals surface area contributed by atoms with Gasteiger partial charge in [-0.15, -0.1) is 0 Å². The Balaban J connectivity index is 2.72. The number of rotatable bonds is 9. The van der Waals surface area contributed by atoms with Crippen LogP contribution in [-0.2, 0) is 14.3 Å². The van der Waals surface area contributed by atoms with Gasteiger partial charge in [-0.25, -0.2) is 0 Å². The molecule has 1 atom stereocenters. The van der Waals surface area contributed by atoms with Gasteiger partial charge in [-0.05, 0) is 19.9 Å². The summed E-state index contributed by atoms with van der Waals surface area (Å²) in [6.07, 6.45) is -0.609. The van der Waals surface area contributed by atoms with Crippen LogP contribution >= 0.6 is 0 Å². The molecule has 2 N–H and O–H groups in total. The highest BCUT2D eigenvalue weighted by atomic mass is 16.5. The number of nitrogens with one attached hydrogen (secondary N) is 1. The number of carbonyl (C=O) groups excluding carboxylic acids is 1. The van der Waals surface area contributed by atoms with Crippen LogP contribution in [0.4, 0.5) is 0 Å². The Morgan fingerprint density at radius 1 is 1.23 bits per heavy atom. The molecule has 0 saturated carbocycles. The van der Waals surface area contributed by atoms with Gasteiger partial charge >= 0.3 is 5.97 Å². The summed E-state index contributed by atoms with van der Waals surface area (Å²) < 4.78 is 11.2. The van der Waals surface area contributed by atoms with Gasteiger partial charge in [0.1, 0.15) is 11.9 Å². The lowest BCUT2D eigenvalue weighted by atomic mass is 10.1. The zero-order valence-electron chi connectivity index (χ0n) is 13.2. The van der Waals surface area contributed by atoms with Gasteiger partial charge < -0.3 is 19.9 Å². The monoisotopic (exact) mass is 309 g/mol. The van der Waals surface area contributed by atoms with Gasteiger partial charge in [-0.1, -0.05) is 18.2 Å². The van der Waals surface area contributed by atoms with Crippen molar-refractivity contribution in [2.45, 2.75) is 38.9 Å². The third-order valence-electron chi connectivity index (χ3n) is 2.97. The number of aliphatic carboxylic acids is 1. The topological polar surface area (TPSA) is 84.9 Å². The Bertz CT molecular complexity index is 501. The average Bonchev–Trinajstić information content (AvgIpc) is 2.48. The molecule has 6 nitrogen and oxygen atoms in total. The molecule has 1 unspecified atom stereocenters. The molecule has 0 aliphatic carbocycles. The smallest absolute Gasteiger partial charge is 0.303 e. The number of ether oxygens (including phenoxy) is 2. The van der Waals surface area contributed by atoms with Crippen molar-refractivity contribution in [1.29, 1.82) is 0 Å². The molecule has 1 aromatic carbocycles. The Morgan fingerprint density at radius 3 is 2.50 bits per heavy atom. The number of hydrogen-bond acceptors (Lipinski definition) is 4. The van der Waals surface area contributed by atoms with Crippen LogP contribution in [0.5, 0.6) is 5.75 Å². The van der Waals surface area contributed by atoms with E-state index in [1.54, 1.807) is 7.11 Å². The molecular weight excluding hydrogens is 286 g/mol. The summed E-state index contributed by atoms with van der Waals surface area (Å²) in [5.74, 6) is -0.613. The van der Waals surface area contributed by atoms with E-state index in [1.807, 2.05) is 38.1 Å². The van der Waals surface area contributed by atoms with Gasteiger partial charge in [0.2, 0.25) is 5.91 Å². The second-order valence-corrected chi connectivity index (χ2v) is 5.11. The number of para-hydroxylation sites is 1. The van der Waals surface area contributed by atoms with Crippen molar-refractivity contribution in [3.05, 3.63) is 29.8 Å². The normalized spacial score (nSPS) is 12.0. The first-order valence-electron chi connectivity index (χ1n) is 7.21. The van der Waals surface area contributed by atoms with E-state index in [0.29, 0.717) is 5.75 Å². The van der Waals surface area contributed by atoms with Crippen molar-refractivity contribution < 1.29 is 24.2 Å². The van der Waals surface area contributed by atoms with E-state index >= 15 is 0 Å². The van der Waals surface area contributed by atoms with Crippen molar-refractivity contribution >= 4 is 11.9 Å². The second kappa shape index (κ2) is 9.04. The van der Waals surface area contributed by atoms with Crippen LogP contribution in [0.3, 0.4) is 0 Å². The van der Waals surface area contributed by atoms with Gasteiger partial charge in [0, 0.05) is 18.5 Å². The fourth-order valence-electron chi connectivity index (χ4n) is 2.01. The van der Waals surface area contributed by atoms with E-state index in [1.165, 1.54) is 0 Å². The summed E-state index contributed by atoms with van der Waals surface area (Å²) in [7, 11) is 1.58. The molecule has 1 aromatic rings. The van der Waals surface area contributed by atoms with E-state index < -0.39 is 5.97 Å². The molecule has 0 aliphatic rings. The molecule has 122 valence electrons. The number of hydrogen-bond donors (Lipinski definition) is 2. The zero-order chi connectivity index (χ0) is 16.5. The van der Waals surface area contributed by atoms with Crippen LogP contribution in [0.2, 0.25) is 0 Å². The number of benzene rings is 1. The number of carbonyl (C=O) groups is 2. The summed E-state index contributed by atoms with van der Waals surface area (Å²) in [5, 5.41) is 11.3. The van der Waals surface area contributed by atoms with Crippen molar-refractivity contribution in [1.82, 2.24) is 5.32 Å². The first-order chi connectivity index (χ1) is 10.4. The third kappa shape index (κ3) is 6.13. The van der Waals surface area contributed by atoms with Gasteiger partial charge in [0.15, 0.2) is 0 Å². The van der Waals surface area contributed by atoms with Crippen molar-refractivity contribution in [3.8, 4) is 5.75 Å². The number of methoxy groups -OCH3 is 1. The Kier molecular flexibility index (Phi) is 7.39. The maximum absolute atomic E-state index is 11.7. The standard InChI is InChI=1S/C16H23NO5/c1-11(2)22-14(10-17-15(18)8-9-16(19)20)12-6-4-5-7-13(12)21-3/h4-7,11,14H,8-10H2,1-3H3,(H,17,18)(H,19,20). The number of carboxylic acid groups (broad SMARTS) is 1. The highest BCUT2D eigenvalue weighted by Gasteiger charge is 2.19. The summed E-state index contributed by atoms with van der Waals surface area (Å²) >= 11 is 0. The third-order valence-corrected chi connectivity index (χ3v) is 2.97. The lowest BCUT2D eigenvalue weighted by molar-refractivity contribution is -0.138. The molecule has 6 heteroatoms. The summed E-state index contributed by atoms with van der Waals surface area (Å²) in [4.78, 5) is 22.1. The van der Waals surface area contributed by atoms with Gasteiger partial charge in [-0.2, -0.15) is 0 Å². The second-order valence-electron chi connectivity index (χ2n) is 5.11. The molecule has 0 saturated heterocycles. The Morgan fingerprint density at radius 2 is 1.91 bits per heavy atom. The molecule has 0 aliphatic heterocycles. The molecule has 0 fully saturated rings. The van der Waals surface area contributed by atoms with Gasteiger partial charge in [-0.3, -0.25) is 9.59 Å². The maximum atomic E-state index is 11.7.